The van der Waals surface area contributed by atoms with Crippen molar-refractivity contribution in [2.45, 2.75) is 12.5 Å². The number of carbonyl (C=O) groups is 2. The molecule has 2 amide bonds. The average molecular weight is 312 g/mol. The first-order valence-corrected chi connectivity index (χ1v) is 7.84. The minimum absolute atomic E-state index is 0.117. The second-order valence-corrected chi connectivity index (χ2v) is 5.61. The van der Waals surface area contributed by atoms with E-state index in [1.165, 1.54) is 17.0 Å². The summed E-state index contributed by atoms with van der Waals surface area (Å²) >= 11 is 1.61. The maximum absolute atomic E-state index is 11.9. The minimum atomic E-state index is -1.09. The van der Waals surface area contributed by atoms with Gasteiger partial charge in [-0.05, 0) is 24.0 Å². The van der Waals surface area contributed by atoms with E-state index >= 15 is 0 Å². The van der Waals surface area contributed by atoms with E-state index in [0.717, 1.165) is 11.3 Å². The summed E-state index contributed by atoms with van der Waals surface area (Å²) in [6.07, 6.45) is 2.11. The fraction of sp³-hybridized carbons (Fsp3) is 0.429. The second-order valence-electron chi connectivity index (χ2n) is 4.63. The third-order valence-electron chi connectivity index (χ3n) is 2.95. The number of aromatic hydroxyl groups is 1. The quantitative estimate of drug-likeness (QED) is 0.708. The molecule has 0 fully saturated rings. The number of urea groups is 1. The first-order chi connectivity index (χ1) is 9.93. The highest BCUT2D eigenvalue weighted by Crippen LogP contribution is 2.11. The molecule has 0 bridgehead atoms. The van der Waals surface area contributed by atoms with Crippen molar-refractivity contribution < 1.29 is 19.8 Å². The molecule has 0 aliphatic heterocycles. The summed E-state index contributed by atoms with van der Waals surface area (Å²) in [7, 11) is 1.63. The molecular formula is C14H20N2O4S. The maximum atomic E-state index is 11.9. The number of hydrogen-bond donors (Lipinski definition) is 3. The van der Waals surface area contributed by atoms with E-state index in [1.807, 2.05) is 6.26 Å². The van der Waals surface area contributed by atoms with Gasteiger partial charge in [0.25, 0.3) is 0 Å². The van der Waals surface area contributed by atoms with Crippen molar-refractivity contribution in [2.75, 3.05) is 25.6 Å². The SMILES string of the molecule is CSCCN(C)C(=O)NC(Cc1ccc(O)cc1)C(=O)O. The lowest BCUT2D eigenvalue weighted by Crippen LogP contribution is -2.48. The summed E-state index contributed by atoms with van der Waals surface area (Å²) in [5.74, 6) is -0.180. The number of carboxylic acids is 1. The van der Waals surface area contributed by atoms with E-state index in [9.17, 15) is 19.8 Å². The number of rotatable bonds is 7. The monoisotopic (exact) mass is 312 g/mol. The standard InChI is InChI=1S/C14H20N2O4S/c1-16(7-8-21-2)14(20)15-12(13(18)19)9-10-3-5-11(17)6-4-10/h3-6,12,17H,7-9H2,1-2H3,(H,15,20)(H,18,19). The van der Waals surface area contributed by atoms with E-state index < -0.39 is 18.0 Å². The van der Waals surface area contributed by atoms with Crippen LogP contribution in [0.2, 0.25) is 0 Å². The molecule has 1 aromatic rings. The molecule has 0 radical (unpaired) electrons. The van der Waals surface area contributed by atoms with E-state index in [2.05, 4.69) is 5.32 Å². The van der Waals surface area contributed by atoms with Crippen LogP contribution >= 0.6 is 11.8 Å². The molecule has 0 spiro atoms. The van der Waals surface area contributed by atoms with Gasteiger partial charge in [-0.15, -0.1) is 0 Å². The zero-order valence-electron chi connectivity index (χ0n) is 12.1. The molecule has 1 rings (SSSR count). The number of amides is 2. The third-order valence-corrected chi connectivity index (χ3v) is 3.54. The van der Waals surface area contributed by atoms with E-state index in [0.29, 0.717) is 6.54 Å². The fourth-order valence-corrected chi connectivity index (χ4v) is 2.11. The number of aliphatic carboxylic acids is 1. The molecule has 0 saturated carbocycles. The molecule has 1 atom stereocenters. The molecule has 0 aliphatic rings. The van der Waals surface area contributed by atoms with E-state index in [-0.39, 0.29) is 12.2 Å². The number of benzene rings is 1. The van der Waals surface area contributed by atoms with Gasteiger partial charge in [0.2, 0.25) is 0 Å². The molecule has 0 saturated heterocycles. The predicted octanol–water partition coefficient (Wildman–Crippen LogP) is 1.39. The molecular weight excluding hydrogens is 292 g/mol. The van der Waals surface area contributed by atoms with Crippen LogP contribution in [0.4, 0.5) is 4.79 Å². The lowest BCUT2D eigenvalue weighted by Gasteiger charge is -2.21. The fourth-order valence-electron chi connectivity index (χ4n) is 1.66. The summed E-state index contributed by atoms with van der Waals surface area (Å²) in [5, 5.41) is 20.9. The first kappa shape index (κ1) is 17.2. The van der Waals surface area contributed by atoms with Gasteiger partial charge in [-0.1, -0.05) is 12.1 Å². The summed E-state index contributed by atoms with van der Waals surface area (Å²) < 4.78 is 0. The Morgan fingerprint density at radius 2 is 1.95 bits per heavy atom. The topological polar surface area (TPSA) is 89.9 Å². The van der Waals surface area contributed by atoms with Crippen LogP contribution in [0.5, 0.6) is 5.75 Å². The van der Waals surface area contributed by atoms with Crippen LogP contribution in [0.1, 0.15) is 5.56 Å². The van der Waals surface area contributed by atoms with Crippen LogP contribution in [0.25, 0.3) is 0 Å². The van der Waals surface area contributed by atoms with Crippen molar-refractivity contribution in [2.24, 2.45) is 0 Å². The molecule has 21 heavy (non-hydrogen) atoms. The third kappa shape index (κ3) is 5.95. The highest BCUT2D eigenvalue weighted by molar-refractivity contribution is 7.98. The Morgan fingerprint density at radius 3 is 2.48 bits per heavy atom. The van der Waals surface area contributed by atoms with Crippen LogP contribution < -0.4 is 5.32 Å². The molecule has 6 nitrogen and oxygen atoms in total. The van der Waals surface area contributed by atoms with Crippen molar-refractivity contribution in [3.8, 4) is 5.75 Å². The predicted molar refractivity (Wildman–Crippen MR) is 82.8 cm³/mol. The van der Waals surface area contributed by atoms with E-state index in [1.54, 1.807) is 30.9 Å². The normalized spacial score (nSPS) is 11.7. The smallest absolute Gasteiger partial charge is 0.326 e. The molecule has 0 aliphatic carbocycles. The van der Waals surface area contributed by atoms with Gasteiger partial charge in [0.05, 0.1) is 0 Å². The van der Waals surface area contributed by atoms with Crippen LogP contribution in [-0.2, 0) is 11.2 Å². The summed E-state index contributed by atoms with van der Waals surface area (Å²) in [4.78, 5) is 24.6. The molecule has 0 heterocycles. The molecule has 1 aromatic carbocycles. The molecule has 7 heteroatoms. The zero-order chi connectivity index (χ0) is 15.8. The van der Waals surface area contributed by atoms with Crippen LogP contribution in [0.15, 0.2) is 24.3 Å². The highest BCUT2D eigenvalue weighted by Gasteiger charge is 2.22. The Morgan fingerprint density at radius 1 is 1.33 bits per heavy atom. The van der Waals surface area contributed by atoms with Gasteiger partial charge in [-0.2, -0.15) is 11.8 Å². The van der Waals surface area contributed by atoms with Gasteiger partial charge in [0.1, 0.15) is 11.8 Å². The van der Waals surface area contributed by atoms with Crippen molar-refractivity contribution >= 4 is 23.8 Å². The Balaban J connectivity index is 2.63. The first-order valence-electron chi connectivity index (χ1n) is 6.45. The molecule has 3 N–H and O–H groups in total. The minimum Gasteiger partial charge on any atom is -0.508 e. The average Bonchev–Trinajstić information content (AvgIpc) is 2.45. The number of nitrogens with zero attached hydrogens (tertiary/aromatic N) is 1. The number of carboxylic acid groups (broad SMARTS) is 1. The van der Waals surface area contributed by atoms with Crippen molar-refractivity contribution in [1.29, 1.82) is 0 Å². The Kier molecular flexibility index (Phi) is 6.87. The zero-order valence-corrected chi connectivity index (χ0v) is 12.9. The van der Waals surface area contributed by atoms with Gasteiger partial charge < -0.3 is 20.4 Å². The number of phenols is 1. The van der Waals surface area contributed by atoms with Crippen LogP contribution in [-0.4, -0.2) is 58.8 Å². The second kappa shape index (κ2) is 8.41. The molecule has 1 unspecified atom stereocenters. The van der Waals surface area contributed by atoms with Gasteiger partial charge in [0.15, 0.2) is 0 Å². The molecule has 0 aromatic heterocycles. The number of carbonyl (C=O) groups excluding carboxylic acids is 1. The largest absolute Gasteiger partial charge is 0.508 e. The Labute approximate surface area is 128 Å². The summed E-state index contributed by atoms with van der Waals surface area (Å²) in [6.45, 7) is 0.554. The summed E-state index contributed by atoms with van der Waals surface area (Å²) in [6, 6.07) is 4.83. The lowest BCUT2D eigenvalue weighted by molar-refractivity contribution is -0.139. The van der Waals surface area contributed by atoms with Gasteiger partial charge in [-0.3, -0.25) is 0 Å². The van der Waals surface area contributed by atoms with Crippen LogP contribution in [0.3, 0.4) is 0 Å². The van der Waals surface area contributed by atoms with Gasteiger partial charge in [0, 0.05) is 25.8 Å². The van der Waals surface area contributed by atoms with Crippen molar-refractivity contribution in [3.05, 3.63) is 29.8 Å². The van der Waals surface area contributed by atoms with Gasteiger partial charge >= 0.3 is 12.0 Å². The summed E-state index contributed by atoms with van der Waals surface area (Å²) in [5.41, 5.74) is 0.729. The van der Waals surface area contributed by atoms with E-state index in [4.69, 9.17) is 0 Å². The maximum Gasteiger partial charge on any atom is 0.326 e. The lowest BCUT2D eigenvalue weighted by atomic mass is 10.1. The van der Waals surface area contributed by atoms with Crippen LogP contribution in [0, 0.1) is 0 Å². The number of nitrogens with one attached hydrogen (secondary N) is 1. The van der Waals surface area contributed by atoms with Crippen molar-refractivity contribution in [1.82, 2.24) is 10.2 Å². The van der Waals surface area contributed by atoms with Gasteiger partial charge in [-0.25, -0.2) is 9.59 Å². The number of phenolic OH excluding ortho intramolecular Hbond substituents is 1. The Hall–Kier alpha value is -1.89. The number of hydrogen-bond acceptors (Lipinski definition) is 4. The number of thioether (sulfide) groups is 1. The van der Waals surface area contributed by atoms with Crippen molar-refractivity contribution in [3.63, 3.8) is 0 Å². The Bertz CT molecular complexity index is 478. The highest BCUT2D eigenvalue weighted by atomic mass is 32.2. The molecule has 116 valence electrons.